The molecule has 2 amide bonds. The van der Waals surface area contributed by atoms with Crippen LogP contribution in [0, 0.1) is 5.92 Å². The van der Waals surface area contributed by atoms with Gasteiger partial charge >= 0.3 is 0 Å². The second-order valence-corrected chi connectivity index (χ2v) is 18.4. The monoisotopic (exact) mass is 732 g/mol. The zero-order valence-corrected chi connectivity index (χ0v) is 29.7. The van der Waals surface area contributed by atoms with E-state index in [1.807, 2.05) is 55.5 Å². The van der Waals surface area contributed by atoms with Crippen LogP contribution < -0.4 is 10.5 Å². The Labute approximate surface area is 287 Å². The van der Waals surface area contributed by atoms with Crippen LogP contribution in [0.15, 0.2) is 82.2 Å². The van der Waals surface area contributed by atoms with Crippen molar-refractivity contribution in [1.29, 1.82) is 0 Å². The second kappa shape index (κ2) is 12.3. The van der Waals surface area contributed by atoms with Crippen molar-refractivity contribution in [2.45, 2.75) is 69.1 Å². The first-order valence-corrected chi connectivity index (χ1v) is 20.1. The first-order chi connectivity index (χ1) is 22.9. The van der Waals surface area contributed by atoms with E-state index in [1.54, 1.807) is 47.3 Å². The Morgan fingerprint density at radius 2 is 1.88 bits per heavy atom. The molecule has 0 saturated carbocycles. The fourth-order valence-corrected chi connectivity index (χ4v) is 11.1. The van der Waals surface area contributed by atoms with Crippen LogP contribution in [0.2, 0.25) is 18.6 Å². The van der Waals surface area contributed by atoms with Crippen LogP contribution in [0.1, 0.15) is 37.3 Å². The van der Waals surface area contributed by atoms with Gasteiger partial charge in [-0.15, -0.1) is 0 Å². The Morgan fingerprint density at radius 3 is 2.60 bits per heavy atom. The third-order valence-corrected chi connectivity index (χ3v) is 13.4. The number of nitrogens with zero attached hydrogens (tertiary/aromatic N) is 4. The Bertz CT molecular complexity index is 1970. The molecule has 7 rings (SSSR count). The van der Waals surface area contributed by atoms with Gasteiger partial charge in [0, 0.05) is 33.4 Å². The van der Waals surface area contributed by atoms with Gasteiger partial charge < -0.3 is 23.8 Å². The van der Waals surface area contributed by atoms with Gasteiger partial charge in [-0.2, -0.15) is 9.78 Å². The van der Waals surface area contributed by atoms with Crippen LogP contribution in [0.25, 0.3) is 16.5 Å². The SMILES string of the molecule is C[C@H]1[C@H]([Si](C)(C)F)[C@@H](CC(=O)N2CCC[C@H]2CO)O[C@]12C(=O)N(Cc1ccc(-n3ncc4ccccc4c3=O)cc1)c1ccc(Br)cc12. The smallest absolute Gasteiger partial charge is 0.279 e. The van der Waals surface area contributed by atoms with E-state index in [1.165, 1.54) is 4.68 Å². The number of hydrogen-bond donors (Lipinski definition) is 1. The van der Waals surface area contributed by atoms with Crippen LogP contribution in [0.3, 0.4) is 0 Å². The van der Waals surface area contributed by atoms with Gasteiger partial charge in [0.15, 0.2) is 5.60 Å². The molecule has 2 fully saturated rings. The van der Waals surface area contributed by atoms with Crippen LogP contribution in [0.4, 0.5) is 9.80 Å². The summed E-state index contributed by atoms with van der Waals surface area (Å²) in [6.45, 7) is 5.78. The quantitative estimate of drug-likeness (QED) is 0.189. The predicted octanol–water partition coefficient (Wildman–Crippen LogP) is 5.84. The summed E-state index contributed by atoms with van der Waals surface area (Å²) in [7, 11) is -3.46. The molecular weight excluding hydrogens is 695 g/mol. The number of ether oxygens (including phenoxy) is 1. The predicted molar refractivity (Wildman–Crippen MR) is 187 cm³/mol. The highest BCUT2D eigenvalue weighted by molar-refractivity contribution is 9.10. The molecule has 9 nitrogen and oxygen atoms in total. The fourth-order valence-electron chi connectivity index (χ4n) is 8.22. The lowest BCUT2D eigenvalue weighted by Gasteiger charge is -2.31. The number of aromatic nitrogens is 2. The lowest BCUT2D eigenvalue weighted by Crippen LogP contribution is -2.45. The van der Waals surface area contributed by atoms with Gasteiger partial charge in [0.05, 0.1) is 54.7 Å². The summed E-state index contributed by atoms with van der Waals surface area (Å²) in [5, 5.41) is 15.5. The van der Waals surface area contributed by atoms with Crippen molar-refractivity contribution in [1.82, 2.24) is 14.7 Å². The molecule has 3 aromatic carbocycles. The number of anilines is 1. The molecule has 48 heavy (non-hydrogen) atoms. The van der Waals surface area contributed by atoms with Crippen molar-refractivity contribution in [2.75, 3.05) is 18.1 Å². The van der Waals surface area contributed by atoms with Gasteiger partial charge in [-0.25, -0.2) is 0 Å². The van der Waals surface area contributed by atoms with Crippen molar-refractivity contribution >= 4 is 52.6 Å². The van der Waals surface area contributed by atoms with E-state index in [2.05, 4.69) is 21.0 Å². The molecular formula is C36H38BrFN4O5Si. The minimum atomic E-state index is -3.46. The number of fused-ring (bicyclic) bond motifs is 3. The van der Waals surface area contributed by atoms with Crippen LogP contribution in [0.5, 0.6) is 0 Å². The van der Waals surface area contributed by atoms with Crippen molar-refractivity contribution < 1.29 is 23.5 Å². The van der Waals surface area contributed by atoms with Crippen molar-refractivity contribution in [3.63, 3.8) is 0 Å². The molecule has 0 radical (unpaired) electrons. The Hall–Kier alpha value is -3.71. The first-order valence-electron chi connectivity index (χ1n) is 16.4. The van der Waals surface area contributed by atoms with Crippen LogP contribution in [-0.2, 0) is 26.5 Å². The first kappa shape index (κ1) is 32.8. The molecule has 3 aliphatic rings. The molecule has 1 aromatic heterocycles. The van der Waals surface area contributed by atoms with E-state index in [4.69, 9.17) is 4.74 Å². The molecule has 1 spiro atoms. The molecule has 0 bridgehead atoms. The molecule has 3 aliphatic heterocycles. The molecule has 2 saturated heterocycles. The largest absolute Gasteiger partial charge is 0.394 e. The Balaban J connectivity index is 1.21. The van der Waals surface area contributed by atoms with E-state index >= 15 is 4.11 Å². The maximum Gasteiger partial charge on any atom is 0.279 e. The second-order valence-electron chi connectivity index (χ2n) is 13.7. The van der Waals surface area contributed by atoms with Gasteiger partial charge in [-0.1, -0.05) is 53.2 Å². The molecule has 12 heteroatoms. The number of aliphatic hydroxyl groups excluding tert-OH is 1. The number of rotatable bonds is 7. The van der Waals surface area contributed by atoms with Gasteiger partial charge in [-0.3, -0.25) is 14.4 Å². The molecule has 4 aromatic rings. The number of hydrogen-bond acceptors (Lipinski definition) is 6. The number of carbonyl (C=O) groups excluding carboxylic acids is 2. The van der Waals surface area contributed by atoms with E-state index in [0.29, 0.717) is 28.9 Å². The van der Waals surface area contributed by atoms with Gasteiger partial charge in [0.2, 0.25) is 14.3 Å². The van der Waals surface area contributed by atoms with Crippen LogP contribution >= 0.6 is 15.9 Å². The molecule has 5 atom stereocenters. The highest BCUT2D eigenvalue weighted by Crippen LogP contribution is 2.60. The number of benzene rings is 3. The third kappa shape index (κ3) is 5.33. The fraction of sp³-hybridized carbons (Fsp3) is 0.389. The Morgan fingerprint density at radius 1 is 1.12 bits per heavy atom. The normalized spacial score (nSPS) is 25.4. The van der Waals surface area contributed by atoms with Crippen LogP contribution in [-0.4, -0.2) is 65.3 Å². The number of carbonyl (C=O) groups is 2. The average molecular weight is 734 g/mol. The highest BCUT2D eigenvalue weighted by atomic mass is 79.9. The van der Waals surface area contributed by atoms with E-state index < -0.39 is 31.6 Å². The lowest BCUT2D eigenvalue weighted by molar-refractivity contribution is -0.150. The summed E-state index contributed by atoms with van der Waals surface area (Å²) in [5.74, 6) is -0.999. The summed E-state index contributed by atoms with van der Waals surface area (Å²) >= 11 is 3.57. The van der Waals surface area contributed by atoms with Crippen molar-refractivity contribution in [3.05, 3.63) is 98.9 Å². The number of likely N-dealkylation sites (tertiary alicyclic amines) is 1. The zero-order valence-electron chi connectivity index (χ0n) is 27.1. The summed E-state index contributed by atoms with van der Waals surface area (Å²) in [6, 6.07) is 20.0. The third-order valence-electron chi connectivity index (χ3n) is 10.4. The maximum absolute atomic E-state index is 16.3. The molecule has 250 valence electrons. The minimum absolute atomic E-state index is 0.0478. The number of aliphatic hydroxyl groups is 1. The van der Waals surface area contributed by atoms with E-state index in [0.717, 1.165) is 28.3 Å². The van der Waals surface area contributed by atoms with E-state index in [9.17, 15) is 19.5 Å². The molecule has 1 N–H and O–H groups in total. The summed E-state index contributed by atoms with van der Waals surface area (Å²) in [6.07, 6.45) is 2.36. The highest BCUT2D eigenvalue weighted by Gasteiger charge is 2.67. The summed E-state index contributed by atoms with van der Waals surface area (Å²) < 4.78 is 25.1. The van der Waals surface area contributed by atoms with Crippen molar-refractivity contribution in [2.24, 2.45) is 5.92 Å². The topological polar surface area (TPSA) is 105 Å². The number of halogens is 2. The maximum atomic E-state index is 16.3. The van der Waals surface area contributed by atoms with Gasteiger partial charge in [-0.05, 0) is 67.9 Å². The van der Waals surface area contributed by atoms with Gasteiger partial charge in [0.25, 0.3) is 11.5 Å². The average Bonchev–Trinajstić information content (AvgIpc) is 3.72. The van der Waals surface area contributed by atoms with Crippen molar-refractivity contribution in [3.8, 4) is 5.69 Å². The molecule has 0 aliphatic carbocycles. The van der Waals surface area contributed by atoms with Gasteiger partial charge in [0.1, 0.15) is 0 Å². The summed E-state index contributed by atoms with van der Waals surface area (Å²) in [4.78, 5) is 44.8. The number of amides is 2. The molecule has 0 unspecified atom stereocenters. The van der Waals surface area contributed by atoms with E-state index in [-0.39, 0.29) is 43.0 Å². The summed E-state index contributed by atoms with van der Waals surface area (Å²) in [5.41, 5.74) is 0.463. The Kier molecular flexibility index (Phi) is 8.42. The minimum Gasteiger partial charge on any atom is -0.394 e. The molecule has 4 heterocycles. The zero-order chi connectivity index (χ0) is 34.0. The standard InChI is InChI=1S/C36H38BrFN4O5Si/c1-22-33(48(2,3)38)31(18-32(44)40-16-6-8-27(40)21-43)47-36(22)29-17-25(37)12-15-30(29)41(35(36)46)20-23-10-13-26(14-11-23)42-34(45)28-9-5-4-7-24(28)19-39-42/h4-5,7,9-15,17,19,22,27,31,33,43H,6,8,16,18,20-21H2,1-3H3/t22-,27-,31+,33-,36+/m0/s1. The lowest BCUT2D eigenvalue weighted by atomic mass is 9.82.